The molecule has 0 N–H and O–H groups in total. The van der Waals surface area contributed by atoms with Crippen LogP contribution < -0.4 is 4.90 Å². The van der Waals surface area contributed by atoms with Gasteiger partial charge in [-0.05, 0) is 48.4 Å². The van der Waals surface area contributed by atoms with Crippen LogP contribution >= 0.6 is 0 Å². The summed E-state index contributed by atoms with van der Waals surface area (Å²) in [6.45, 7) is 2.63. The summed E-state index contributed by atoms with van der Waals surface area (Å²) in [6, 6.07) is 18.7. The van der Waals surface area contributed by atoms with Crippen molar-refractivity contribution >= 4 is 11.7 Å². The van der Waals surface area contributed by atoms with Gasteiger partial charge in [0.2, 0.25) is 0 Å². The van der Waals surface area contributed by atoms with Crippen molar-refractivity contribution in [1.82, 2.24) is 14.9 Å². The molecule has 3 heterocycles. The van der Waals surface area contributed by atoms with Gasteiger partial charge in [0, 0.05) is 49.7 Å². The third-order valence-corrected chi connectivity index (χ3v) is 4.88. The normalized spacial score (nSPS) is 13.2. The molecule has 4 rings (SSSR count). The number of piperazine rings is 1. The number of nitrogens with zero attached hydrogens (tertiary/aromatic N) is 5. The lowest BCUT2D eigenvalue weighted by molar-refractivity contribution is 0.0746. The van der Waals surface area contributed by atoms with Crippen molar-refractivity contribution in [1.29, 1.82) is 5.26 Å². The molecule has 30 heavy (non-hydrogen) atoms. The number of hydrogen-bond donors (Lipinski definition) is 0. The molecule has 1 aromatic carbocycles. The Labute approximate surface area is 175 Å². The number of carbonyl (C=O) groups is 1. The molecule has 1 saturated heterocycles. The Hall–Kier alpha value is -4.16. The molecule has 146 valence electrons. The Kier molecular flexibility index (Phi) is 5.68. The van der Waals surface area contributed by atoms with E-state index in [0.717, 1.165) is 11.4 Å². The maximum absolute atomic E-state index is 12.9. The van der Waals surface area contributed by atoms with Crippen LogP contribution in [0.1, 0.15) is 27.2 Å². The van der Waals surface area contributed by atoms with Crippen molar-refractivity contribution in [3.63, 3.8) is 0 Å². The number of benzene rings is 1. The molecule has 3 aromatic rings. The van der Waals surface area contributed by atoms with Gasteiger partial charge in [0.05, 0.1) is 5.56 Å². The molecular formula is C24H19N5O. The molecule has 0 bridgehead atoms. The van der Waals surface area contributed by atoms with Gasteiger partial charge in [0.15, 0.2) is 0 Å². The lowest BCUT2D eigenvalue weighted by Crippen LogP contribution is -2.49. The fourth-order valence-corrected chi connectivity index (χ4v) is 3.26. The summed E-state index contributed by atoms with van der Waals surface area (Å²) >= 11 is 0. The molecular weight excluding hydrogens is 374 g/mol. The SMILES string of the molecule is N#Cc1ccc(N2CCN(C(=O)c3cccc(C#Cc4ccccn4)c3)CC2)nc1. The summed E-state index contributed by atoms with van der Waals surface area (Å²) in [7, 11) is 0. The van der Waals surface area contributed by atoms with E-state index in [1.54, 1.807) is 18.5 Å². The van der Waals surface area contributed by atoms with E-state index in [2.05, 4.69) is 32.8 Å². The summed E-state index contributed by atoms with van der Waals surface area (Å²) < 4.78 is 0. The van der Waals surface area contributed by atoms with Crippen LogP contribution in [0.2, 0.25) is 0 Å². The molecule has 0 saturated carbocycles. The van der Waals surface area contributed by atoms with Gasteiger partial charge < -0.3 is 9.80 Å². The first-order valence-electron chi connectivity index (χ1n) is 9.66. The number of amides is 1. The van der Waals surface area contributed by atoms with Gasteiger partial charge in [-0.2, -0.15) is 5.26 Å². The molecule has 0 aliphatic carbocycles. The van der Waals surface area contributed by atoms with Crippen LogP contribution in [-0.2, 0) is 0 Å². The Morgan fingerprint density at radius 3 is 2.47 bits per heavy atom. The molecule has 2 aromatic heterocycles. The zero-order chi connectivity index (χ0) is 20.8. The minimum Gasteiger partial charge on any atom is -0.353 e. The number of rotatable bonds is 2. The molecule has 1 fully saturated rings. The van der Waals surface area contributed by atoms with Gasteiger partial charge in [0.1, 0.15) is 17.6 Å². The Morgan fingerprint density at radius 2 is 1.77 bits per heavy atom. The second kappa shape index (κ2) is 8.89. The highest BCUT2D eigenvalue weighted by Gasteiger charge is 2.23. The van der Waals surface area contributed by atoms with Crippen LogP contribution in [0.15, 0.2) is 67.0 Å². The smallest absolute Gasteiger partial charge is 0.254 e. The van der Waals surface area contributed by atoms with Gasteiger partial charge in [-0.1, -0.05) is 18.1 Å². The number of nitriles is 1. The third-order valence-electron chi connectivity index (χ3n) is 4.88. The van der Waals surface area contributed by atoms with Crippen LogP contribution in [0.3, 0.4) is 0 Å². The van der Waals surface area contributed by atoms with Crippen molar-refractivity contribution in [2.24, 2.45) is 0 Å². The fraction of sp³-hybridized carbons (Fsp3) is 0.167. The van der Waals surface area contributed by atoms with Gasteiger partial charge in [-0.15, -0.1) is 0 Å². The number of pyridine rings is 2. The van der Waals surface area contributed by atoms with Crippen LogP contribution in [-0.4, -0.2) is 47.0 Å². The van der Waals surface area contributed by atoms with Crippen LogP contribution in [0.25, 0.3) is 0 Å². The molecule has 1 amide bonds. The van der Waals surface area contributed by atoms with Crippen LogP contribution in [0.5, 0.6) is 0 Å². The highest BCUT2D eigenvalue weighted by atomic mass is 16.2. The molecule has 0 atom stereocenters. The van der Waals surface area contributed by atoms with Crippen molar-refractivity contribution in [3.05, 3.63) is 89.4 Å². The van der Waals surface area contributed by atoms with Gasteiger partial charge in [-0.25, -0.2) is 9.97 Å². The quantitative estimate of drug-likeness (QED) is 0.626. The van der Waals surface area contributed by atoms with Gasteiger partial charge in [-0.3, -0.25) is 4.79 Å². The third kappa shape index (κ3) is 4.45. The van der Waals surface area contributed by atoms with Crippen molar-refractivity contribution in [3.8, 4) is 17.9 Å². The second-order valence-corrected chi connectivity index (χ2v) is 6.84. The van der Waals surface area contributed by atoms with E-state index < -0.39 is 0 Å². The number of carbonyl (C=O) groups excluding carboxylic acids is 1. The molecule has 0 spiro atoms. The minimum atomic E-state index is 0.00363. The lowest BCUT2D eigenvalue weighted by atomic mass is 10.1. The highest BCUT2D eigenvalue weighted by Crippen LogP contribution is 2.16. The first kappa shape index (κ1) is 19.2. The first-order valence-corrected chi connectivity index (χ1v) is 9.66. The predicted molar refractivity (Wildman–Crippen MR) is 114 cm³/mol. The summed E-state index contributed by atoms with van der Waals surface area (Å²) in [6.07, 6.45) is 3.28. The molecule has 0 unspecified atom stereocenters. The van der Waals surface area contributed by atoms with Crippen LogP contribution in [0.4, 0.5) is 5.82 Å². The zero-order valence-electron chi connectivity index (χ0n) is 16.3. The Balaban J connectivity index is 1.41. The van der Waals surface area contributed by atoms with Gasteiger partial charge >= 0.3 is 0 Å². The molecule has 6 nitrogen and oxygen atoms in total. The van der Waals surface area contributed by atoms with E-state index in [0.29, 0.717) is 43.0 Å². The maximum atomic E-state index is 12.9. The molecule has 1 aliphatic heterocycles. The number of aromatic nitrogens is 2. The summed E-state index contributed by atoms with van der Waals surface area (Å²) in [5.74, 6) is 6.92. The van der Waals surface area contributed by atoms with Crippen molar-refractivity contribution < 1.29 is 4.79 Å². The second-order valence-electron chi connectivity index (χ2n) is 6.84. The van der Waals surface area contributed by atoms with E-state index >= 15 is 0 Å². The van der Waals surface area contributed by atoms with E-state index in [9.17, 15) is 4.79 Å². The van der Waals surface area contributed by atoms with E-state index in [1.165, 1.54) is 0 Å². The monoisotopic (exact) mass is 393 g/mol. The van der Waals surface area contributed by atoms with E-state index in [1.807, 2.05) is 53.4 Å². The van der Waals surface area contributed by atoms with Crippen molar-refractivity contribution in [2.75, 3.05) is 31.1 Å². The molecule has 0 radical (unpaired) electrons. The Bertz CT molecular complexity index is 1130. The van der Waals surface area contributed by atoms with Crippen LogP contribution in [0, 0.1) is 23.2 Å². The Morgan fingerprint density at radius 1 is 0.900 bits per heavy atom. The topological polar surface area (TPSA) is 73.1 Å². The highest BCUT2D eigenvalue weighted by molar-refractivity contribution is 5.94. The van der Waals surface area contributed by atoms with Gasteiger partial charge in [0.25, 0.3) is 5.91 Å². The fourth-order valence-electron chi connectivity index (χ4n) is 3.26. The van der Waals surface area contributed by atoms with E-state index in [-0.39, 0.29) is 5.91 Å². The van der Waals surface area contributed by atoms with Crippen molar-refractivity contribution in [2.45, 2.75) is 0 Å². The standard InChI is InChI=1S/C24H19N5O/c25-17-20-8-10-23(27-18-20)28-12-14-29(15-13-28)24(30)21-5-3-4-19(16-21)7-9-22-6-1-2-11-26-22/h1-6,8,10-11,16,18H,12-15H2. The summed E-state index contributed by atoms with van der Waals surface area (Å²) in [4.78, 5) is 25.5. The number of anilines is 1. The average Bonchev–Trinajstić information content (AvgIpc) is 2.83. The summed E-state index contributed by atoms with van der Waals surface area (Å²) in [5, 5.41) is 8.89. The minimum absolute atomic E-state index is 0.00363. The van der Waals surface area contributed by atoms with E-state index in [4.69, 9.17) is 5.26 Å². The molecule has 1 aliphatic rings. The predicted octanol–water partition coefficient (Wildman–Crippen LogP) is 2.71. The number of hydrogen-bond acceptors (Lipinski definition) is 5. The first-order chi connectivity index (χ1) is 14.7. The summed E-state index contributed by atoms with van der Waals surface area (Å²) in [5.41, 5.74) is 2.65. The average molecular weight is 393 g/mol. The maximum Gasteiger partial charge on any atom is 0.254 e. The lowest BCUT2D eigenvalue weighted by Gasteiger charge is -2.35. The molecule has 6 heteroatoms. The largest absolute Gasteiger partial charge is 0.353 e. The zero-order valence-corrected chi connectivity index (χ0v) is 16.3.